The van der Waals surface area contributed by atoms with E-state index in [1.807, 2.05) is 11.8 Å². The second-order valence-electron chi connectivity index (χ2n) is 3.89. The van der Waals surface area contributed by atoms with E-state index in [1.165, 1.54) is 0 Å². The van der Waals surface area contributed by atoms with E-state index < -0.39 is 0 Å². The minimum Gasteiger partial charge on any atom is -0.396 e. The Labute approximate surface area is 91.2 Å². The van der Waals surface area contributed by atoms with E-state index in [9.17, 15) is 4.79 Å². The number of hydrogen-bond acceptors (Lipinski definition) is 3. The highest BCUT2D eigenvalue weighted by Gasteiger charge is 2.27. The molecule has 1 atom stereocenters. The average Bonchev–Trinajstić information content (AvgIpc) is 2.71. The molecule has 0 aliphatic carbocycles. The van der Waals surface area contributed by atoms with E-state index in [0.717, 1.165) is 32.2 Å². The van der Waals surface area contributed by atoms with Crippen LogP contribution in [-0.2, 0) is 9.53 Å². The van der Waals surface area contributed by atoms with Gasteiger partial charge in [-0.3, -0.25) is 4.79 Å². The van der Waals surface area contributed by atoms with E-state index in [0.29, 0.717) is 12.6 Å². The Morgan fingerprint density at radius 1 is 1.60 bits per heavy atom. The fourth-order valence-corrected chi connectivity index (χ4v) is 2.06. The largest absolute Gasteiger partial charge is 0.396 e. The van der Waals surface area contributed by atoms with Crippen LogP contribution in [0.1, 0.15) is 32.6 Å². The lowest BCUT2D eigenvalue weighted by molar-refractivity contribution is -0.136. The van der Waals surface area contributed by atoms with Gasteiger partial charge in [-0.2, -0.15) is 0 Å². The lowest BCUT2D eigenvalue weighted by Gasteiger charge is -2.24. The van der Waals surface area contributed by atoms with Gasteiger partial charge < -0.3 is 14.7 Å². The number of aliphatic hydroxyl groups is 1. The Morgan fingerprint density at radius 2 is 2.40 bits per heavy atom. The molecule has 0 radical (unpaired) electrons. The first-order valence-electron chi connectivity index (χ1n) is 5.77. The van der Waals surface area contributed by atoms with Crippen LogP contribution in [0.2, 0.25) is 0 Å². The van der Waals surface area contributed by atoms with Crippen molar-refractivity contribution in [1.82, 2.24) is 4.90 Å². The monoisotopic (exact) mass is 215 g/mol. The Kier molecular flexibility index (Phi) is 5.65. The minimum atomic E-state index is 0.0947. The molecule has 1 unspecified atom stereocenters. The van der Waals surface area contributed by atoms with Crippen molar-refractivity contribution in [2.75, 3.05) is 26.4 Å². The maximum absolute atomic E-state index is 11.7. The average molecular weight is 215 g/mol. The van der Waals surface area contributed by atoms with Gasteiger partial charge in [-0.15, -0.1) is 0 Å². The fraction of sp³-hybridized carbons (Fsp3) is 0.909. The summed E-state index contributed by atoms with van der Waals surface area (Å²) in [6.45, 7) is 3.74. The molecule has 0 saturated carbocycles. The molecule has 0 aromatic rings. The molecule has 15 heavy (non-hydrogen) atoms. The summed E-state index contributed by atoms with van der Waals surface area (Å²) in [5, 5.41) is 8.76. The van der Waals surface area contributed by atoms with Gasteiger partial charge in [-0.1, -0.05) is 0 Å². The second kappa shape index (κ2) is 6.80. The van der Waals surface area contributed by atoms with Crippen LogP contribution in [0, 0.1) is 0 Å². The van der Waals surface area contributed by atoms with Gasteiger partial charge in [0.15, 0.2) is 0 Å². The van der Waals surface area contributed by atoms with Crippen molar-refractivity contribution >= 4 is 5.91 Å². The molecule has 1 rings (SSSR count). The predicted molar refractivity (Wildman–Crippen MR) is 57.5 cm³/mol. The Balaban J connectivity index is 2.34. The zero-order valence-electron chi connectivity index (χ0n) is 9.45. The molecule has 88 valence electrons. The number of likely N-dealkylation sites (tertiary alicyclic amines) is 1. The molecule has 1 saturated heterocycles. The maximum atomic E-state index is 11.7. The molecule has 1 aliphatic rings. The highest BCUT2D eigenvalue weighted by molar-refractivity contribution is 5.78. The number of nitrogens with zero attached hydrogens (tertiary/aromatic N) is 1. The van der Waals surface area contributed by atoms with Crippen LogP contribution in [-0.4, -0.2) is 48.3 Å². The smallest absolute Gasteiger partial charge is 0.248 e. The second-order valence-corrected chi connectivity index (χ2v) is 3.89. The van der Waals surface area contributed by atoms with Crippen molar-refractivity contribution in [2.24, 2.45) is 0 Å². The van der Waals surface area contributed by atoms with Crippen molar-refractivity contribution in [3.8, 4) is 0 Å². The summed E-state index contributed by atoms with van der Waals surface area (Å²) in [7, 11) is 0. The molecule has 1 fully saturated rings. The topological polar surface area (TPSA) is 49.8 Å². The summed E-state index contributed by atoms with van der Waals surface area (Å²) < 4.78 is 5.12. The summed E-state index contributed by atoms with van der Waals surface area (Å²) in [4.78, 5) is 13.6. The zero-order chi connectivity index (χ0) is 11.1. The molecular weight excluding hydrogens is 194 g/mol. The Hall–Kier alpha value is -0.610. The number of amides is 1. The molecular formula is C11H21NO3. The van der Waals surface area contributed by atoms with Crippen LogP contribution in [0.5, 0.6) is 0 Å². The molecule has 0 aromatic heterocycles. The first-order chi connectivity index (χ1) is 7.29. The fourth-order valence-electron chi connectivity index (χ4n) is 2.06. The van der Waals surface area contributed by atoms with Crippen molar-refractivity contribution in [1.29, 1.82) is 0 Å². The van der Waals surface area contributed by atoms with E-state index >= 15 is 0 Å². The third kappa shape index (κ3) is 3.80. The van der Waals surface area contributed by atoms with Crippen LogP contribution < -0.4 is 0 Å². The number of hydrogen-bond donors (Lipinski definition) is 1. The van der Waals surface area contributed by atoms with E-state index in [1.54, 1.807) is 0 Å². The molecule has 0 aromatic carbocycles. The maximum Gasteiger partial charge on any atom is 0.248 e. The van der Waals surface area contributed by atoms with E-state index in [2.05, 4.69) is 0 Å². The first kappa shape index (κ1) is 12.5. The quantitative estimate of drug-likeness (QED) is 0.712. The highest BCUT2D eigenvalue weighted by atomic mass is 16.5. The van der Waals surface area contributed by atoms with Gasteiger partial charge >= 0.3 is 0 Å². The summed E-state index contributed by atoms with van der Waals surface area (Å²) in [5.74, 6) is 0.0947. The normalized spacial score (nSPS) is 20.9. The number of aliphatic hydroxyl groups excluding tert-OH is 1. The van der Waals surface area contributed by atoms with Crippen LogP contribution in [0.25, 0.3) is 0 Å². The SMILES string of the molecule is CCOCC(=O)N1CCCC1CCCO. The summed E-state index contributed by atoms with van der Waals surface area (Å²) in [6.07, 6.45) is 3.84. The summed E-state index contributed by atoms with van der Waals surface area (Å²) >= 11 is 0. The van der Waals surface area contributed by atoms with E-state index in [4.69, 9.17) is 9.84 Å². The van der Waals surface area contributed by atoms with Gasteiger partial charge in [0.05, 0.1) is 0 Å². The van der Waals surface area contributed by atoms with Crippen LogP contribution in [0.4, 0.5) is 0 Å². The first-order valence-corrected chi connectivity index (χ1v) is 5.77. The lowest BCUT2D eigenvalue weighted by atomic mass is 10.1. The van der Waals surface area contributed by atoms with Gasteiger partial charge in [0.25, 0.3) is 0 Å². The standard InChI is InChI=1S/C11H21NO3/c1-2-15-9-11(14)12-7-3-5-10(12)6-4-8-13/h10,13H,2-9H2,1H3. The lowest BCUT2D eigenvalue weighted by Crippen LogP contribution is -2.38. The number of carbonyl (C=O) groups is 1. The molecule has 4 heteroatoms. The number of ether oxygens (including phenoxy) is 1. The van der Waals surface area contributed by atoms with Crippen LogP contribution in [0.15, 0.2) is 0 Å². The molecule has 1 aliphatic heterocycles. The van der Waals surface area contributed by atoms with Crippen molar-refractivity contribution in [2.45, 2.75) is 38.6 Å². The third-order valence-corrected chi connectivity index (χ3v) is 2.82. The molecule has 4 nitrogen and oxygen atoms in total. The Morgan fingerprint density at radius 3 is 3.07 bits per heavy atom. The summed E-state index contributed by atoms with van der Waals surface area (Å²) in [5.41, 5.74) is 0. The third-order valence-electron chi connectivity index (χ3n) is 2.82. The van der Waals surface area contributed by atoms with Crippen molar-refractivity contribution < 1.29 is 14.6 Å². The number of rotatable bonds is 6. The van der Waals surface area contributed by atoms with Gasteiger partial charge in [0, 0.05) is 25.8 Å². The van der Waals surface area contributed by atoms with Crippen molar-refractivity contribution in [3.63, 3.8) is 0 Å². The van der Waals surface area contributed by atoms with Crippen LogP contribution in [0.3, 0.4) is 0 Å². The Bertz CT molecular complexity index is 196. The van der Waals surface area contributed by atoms with Gasteiger partial charge in [-0.25, -0.2) is 0 Å². The predicted octanol–water partition coefficient (Wildman–Crippen LogP) is 0.786. The molecule has 0 spiro atoms. The molecule has 1 heterocycles. The number of carbonyl (C=O) groups excluding carboxylic acids is 1. The molecule has 0 bridgehead atoms. The molecule has 1 N–H and O–H groups in total. The summed E-state index contributed by atoms with van der Waals surface area (Å²) in [6, 6.07) is 0.324. The highest BCUT2D eigenvalue weighted by Crippen LogP contribution is 2.21. The zero-order valence-corrected chi connectivity index (χ0v) is 9.45. The van der Waals surface area contributed by atoms with Crippen LogP contribution >= 0.6 is 0 Å². The molecule has 1 amide bonds. The van der Waals surface area contributed by atoms with Crippen molar-refractivity contribution in [3.05, 3.63) is 0 Å². The van der Waals surface area contributed by atoms with E-state index in [-0.39, 0.29) is 19.1 Å². The van der Waals surface area contributed by atoms with Gasteiger partial charge in [-0.05, 0) is 32.6 Å². The van der Waals surface area contributed by atoms with Gasteiger partial charge in [0.2, 0.25) is 5.91 Å². The minimum absolute atomic E-state index is 0.0947. The van der Waals surface area contributed by atoms with Gasteiger partial charge in [0.1, 0.15) is 6.61 Å².